The predicted octanol–water partition coefficient (Wildman–Crippen LogP) is 3.53. The Morgan fingerprint density at radius 3 is 2.43 bits per heavy atom. The number of hydrogen-bond acceptors (Lipinski definition) is 4. The first-order chi connectivity index (χ1) is 10.9. The minimum Gasteiger partial charge on any atom is -0.359 e. The van der Waals surface area contributed by atoms with Crippen LogP contribution in [0.15, 0.2) is 53.6 Å². The van der Waals surface area contributed by atoms with Crippen LogP contribution in [0.2, 0.25) is 5.02 Å². The molecule has 0 bridgehead atoms. The van der Waals surface area contributed by atoms with E-state index in [1.807, 2.05) is 0 Å². The van der Waals surface area contributed by atoms with Gasteiger partial charge in [-0.3, -0.25) is 14.8 Å². The van der Waals surface area contributed by atoms with Gasteiger partial charge in [0.2, 0.25) is 0 Å². The van der Waals surface area contributed by atoms with E-state index in [1.54, 1.807) is 24.4 Å². The van der Waals surface area contributed by atoms with E-state index in [-0.39, 0.29) is 10.6 Å². The molecule has 0 radical (unpaired) electrons. The Bertz CT molecular complexity index is 997. The standard InChI is InChI=1S/C14H10ClN3O4S/c15-12-5-6-13(14-11(12)7-8-16-14)17-23(21,22)10-3-1-9(2-4-10)18(19)20/h1-8,16-17H. The maximum atomic E-state index is 12.4. The van der Waals surface area contributed by atoms with Gasteiger partial charge in [0.15, 0.2) is 0 Å². The molecule has 1 heterocycles. The maximum absolute atomic E-state index is 12.4. The van der Waals surface area contributed by atoms with E-state index in [2.05, 4.69) is 9.71 Å². The van der Waals surface area contributed by atoms with Gasteiger partial charge < -0.3 is 4.98 Å². The Labute approximate surface area is 136 Å². The van der Waals surface area contributed by atoms with Crippen LogP contribution in [0.3, 0.4) is 0 Å². The van der Waals surface area contributed by atoms with E-state index in [0.29, 0.717) is 21.6 Å². The highest BCUT2D eigenvalue weighted by Crippen LogP contribution is 2.30. The summed E-state index contributed by atoms with van der Waals surface area (Å²) < 4.78 is 27.3. The predicted molar refractivity (Wildman–Crippen MR) is 87.2 cm³/mol. The van der Waals surface area contributed by atoms with E-state index in [9.17, 15) is 18.5 Å². The van der Waals surface area contributed by atoms with Gasteiger partial charge in [-0.1, -0.05) is 11.6 Å². The summed E-state index contributed by atoms with van der Waals surface area (Å²) in [6.45, 7) is 0. The number of aromatic amines is 1. The van der Waals surface area contributed by atoms with Crippen molar-refractivity contribution in [1.29, 1.82) is 0 Å². The molecule has 0 saturated heterocycles. The molecule has 3 aromatic rings. The van der Waals surface area contributed by atoms with Gasteiger partial charge in [-0.25, -0.2) is 8.42 Å². The van der Waals surface area contributed by atoms with Crippen LogP contribution in [0.25, 0.3) is 10.9 Å². The quantitative estimate of drug-likeness (QED) is 0.554. The van der Waals surface area contributed by atoms with E-state index in [0.717, 1.165) is 12.1 Å². The number of fused-ring (bicyclic) bond motifs is 1. The molecule has 3 rings (SSSR count). The summed E-state index contributed by atoms with van der Waals surface area (Å²) in [5, 5.41) is 11.8. The second-order valence-corrected chi connectivity index (χ2v) is 6.81. The number of hydrogen-bond donors (Lipinski definition) is 2. The van der Waals surface area contributed by atoms with Crippen molar-refractivity contribution in [3.05, 3.63) is 63.8 Å². The molecular weight excluding hydrogens is 342 g/mol. The lowest BCUT2D eigenvalue weighted by molar-refractivity contribution is -0.384. The lowest BCUT2D eigenvalue weighted by Crippen LogP contribution is -2.13. The number of aromatic nitrogens is 1. The van der Waals surface area contributed by atoms with Gasteiger partial charge in [-0.15, -0.1) is 0 Å². The minimum absolute atomic E-state index is 0.0715. The van der Waals surface area contributed by atoms with Crippen molar-refractivity contribution in [1.82, 2.24) is 4.98 Å². The lowest BCUT2D eigenvalue weighted by Gasteiger charge is -2.09. The molecule has 23 heavy (non-hydrogen) atoms. The zero-order valence-electron chi connectivity index (χ0n) is 11.5. The van der Waals surface area contributed by atoms with Crippen LogP contribution in [0, 0.1) is 10.1 Å². The number of nitrogens with one attached hydrogen (secondary N) is 2. The topological polar surface area (TPSA) is 105 Å². The minimum atomic E-state index is -3.87. The number of halogens is 1. The normalized spacial score (nSPS) is 11.5. The third kappa shape index (κ3) is 2.86. The molecule has 0 fully saturated rings. The van der Waals surface area contributed by atoms with Gasteiger partial charge in [0.05, 0.1) is 26.0 Å². The summed E-state index contributed by atoms with van der Waals surface area (Å²) in [5.41, 5.74) is 0.720. The van der Waals surface area contributed by atoms with E-state index >= 15 is 0 Å². The number of benzene rings is 2. The number of nitro groups is 1. The zero-order chi connectivity index (χ0) is 16.6. The molecule has 0 spiro atoms. The van der Waals surface area contributed by atoms with Crippen molar-refractivity contribution in [2.24, 2.45) is 0 Å². The Balaban J connectivity index is 1.98. The summed E-state index contributed by atoms with van der Waals surface area (Å²) in [4.78, 5) is 12.9. The van der Waals surface area contributed by atoms with Gasteiger partial charge in [0, 0.05) is 23.7 Å². The summed E-state index contributed by atoms with van der Waals surface area (Å²) >= 11 is 6.04. The largest absolute Gasteiger partial charge is 0.359 e. The Hall–Kier alpha value is -2.58. The summed E-state index contributed by atoms with van der Waals surface area (Å²) in [5.74, 6) is 0. The number of nitrogens with zero attached hydrogens (tertiary/aromatic N) is 1. The second-order valence-electron chi connectivity index (χ2n) is 4.72. The van der Waals surface area contributed by atoms with Crippen molar-refractivity contribution < 1.29 is 13.3 Å². The monoisotopic (exact) mass is 351 g/mol. The molecule has 0 unspecified atom stereocenters. The van der Waals surface area contributed by atoms with Gasteiger partial charge >= 0.3 is 0 Å². The SMILES string of the molecule is O=[N+]([O-])c1ccc(S(=O)(=O)Nc2ccc(Cl)c3cc[nH]c23)cc1. The maximum Gasteiger partial charge on any atom is 0.269 e. The second kappa shape index (κ2) is 5.56. The molecule has 0 aliphatic heterocycles. The molecule has 0 aliphatic carbocycles. The summed E-state index contributed by atoms with van der Waals surface area (Å²) in [6.07, 6.45) is 1.65. The number of nitro benzene ring substituents is 1. The summed E-state index contributed by atoms with van der Waals surface area (Å²) in [7, 11) is -3.87. The highest BCUT2D eigenvalue weighted by atomic mass is 35.5. The number of anilines is 1. The molecule has 7 nitrogen and oxygen atoms in total. The number of rotatable bonds is 4. The fraction of sp³-hybridized carbons (Fsp3) is 0. The first-order valence-corrected chi connectivity index (χ1v) is 8.27. The van der Waals surface area contributed by atoms with Crippen molar-refractivity contribution in [2.45, 2.75) is 4.90 Å². The van der Waals surface area contributed by atoms with Gasteiger partial charge in [-0.05, 0) is 30.3 Å². The molecule has 0 aliphatic rings. The molecule has 2 aromatic carbocycles. The van der Waals surface area contributed by atoms with Crippen molar-refractivity contribution >= 4 is 43.9 Å². The number of sulfonamides is 1. The van der Waals surface area contributed by atoms with Crippen LogP contribution in [-0.4, -0.2) is 18.3 Å². The molecule has 2 N–H and O–H groups in total. The molecule has 1 aromatic heterocycles. The van der Waals surface area contributed by atoms with Gasteiger partial charge in [-0.2, -0.15) is 0 Å². The van der Waals surface area contributed by atoms with Gasteiger partial charge in [0.1, 0.15) is 0 Å². The fourth-order valence-electron chi connectivity index (χ4n) is 2.16. The Morgan fingerprint density at radius 2 is 1.78 bits per heavy atom. The van der Waals surface area contributed by atoms with Crippen LogP contribution >= 0.6 is 11.6 Å². The molecule has 9 heteroatoms. The Kier molecular flexibility index (Phi) is 3.70. The molecule has 118 valence electrons. The van der Waals surface area contributed by atoms with Crippen LogP contribution in [0.5, 0.6) is 0 Å². The molecule has 0 atom stereocenters. The first-order valence-electron chi connectivity index (χ1n) is 6.41. The van der Waals surface area contributed by atoms with Crippen LogP contribution in [0.1, 0.15) is 0 Å². The van der Waals surface area contributed by atoms with Crippen LogP contribution < -0.4 is 4.72 Å². The molecule has 0 saturated carbocycles. The zero-order valence-corrected chi connectivity index (χ0v) is 13.1. The smallest absolute Gasteiger partial charge is 0.269 e. The molecule has 0 amide bonds. The molecular formula is C14H10ClN3O4S. The fourth-order valence-corrected chi connectivity index (χ4v) is 3.45. The van der Waals surface area contributed by atoms with Crippen molar-refractivity contribution in [3.8, 4) is 0 Å². The van der Waals surface area contributed by atoms with Crippen LogP contribution in [0.4, 0.5) is 11.4 Å². The summed E-state index contributed by atoms with van der Waals surface area (Å²) in [6, 6.07) is 9.52. The third-order valence-corrected chi connectivity index (χ3v) is 4.98. The van der Waals surface area contributed by atoms with Crippen molar-refractivity contribution in [2.75, 3.05) is 4.72 Å². The highest BCUT2D eigenvalue weighted by Gasteiger charge is 2.18. The number of H-pyrrole nitrogens is 1. The van der Waals surface area contributed by atoms with Crippen LogP contribution in [-0.2, 0) is 10.0 Å². The van der Waals surface area contributed by atoms with E-state index < -0.39 is 14.9 Å². The average Bonchev–Trinajstić information content (AvgIpc) is 3.01. The van der Waals surface area contributed by atoms with Crippen molar-refractivity contribution in [3.63, 3.8) is 0 Å². The van der Waals surface area contributed by atoms with E-state index in [1.165, 1.54) is 12.1 Å². The first kappa shape index (κ1) is 15.3. The highest BCUT2D eigenvalue weighted by molar-refractivity contribution is 7.92. The Morgan fingerprint density at radius 1 is 1.09 bits per heavy atom. The number of non-ortho nitro benzene ring substituents is 1. The average molecular weight is 352 g/mol. The third-order valence-electron chi connectivity index (χ3n) is 3.27. The van der Waals surface area contributed by atoms with Gasteiger partial charge in [0.25, 0.3) is 15.7 Å². The lowest BCUT2D eigenvalue weighted by atomic mass is 10.2. The van der Waals surface area contributed by atoms with E-state index in [4.69, 9.17) is 11.6 Å².